The minimum absolute atomic E-state index is 0.0741. The summed E-state index contributed by atoms with van der Waals surface area (Å²) < 4.78 is 33.2. The fourth-order valence-electron chi connectivity index (χ4n) is 2.54. The smallest absolute Gasteiger partial charge is 0.415 e. The molecule has 1 saturated heterocycles. The number of cyclic esters (lactones) is 1. The van der Waals surface area contributed by atoms with Crippen LogP contribution >= 0.6 is 0 Å². The van der Waals surface area contributed by atoms with Crippen molar-refractivity contribution in [2.24, 2.45) is 5.92 Å². The van der Waals surface area contributed by atoms with Gasteiger partial charge in [0.25, 0.3) is 0 Å². The molecular formula is C15H20N6O5S. The highest BCUT2D eigenvalue weighted by Gasteiger charge is 2.37. The Morgan fingerprint density at radius 2 is 2.04 bits per heavy atom. The number of amides is 1. The minimum Gasteiger partial charge on any atom is -0.447 e. The highest BCUT2D eigenvalue weighted by atomic mass is 32.2. The van der Waals surface area contributed by atoms with Crippen molar-refractivity contribution in [2.75, 3.05) is 23.1 Å². The first kappa shape index (κ1) is 19.0. The Kier molecular flexibility index (Phi) is 5.00. The molecule has 146 valence electrons. The summed E-state index contributed by atoms with van der Waals surface area (Å²) in [5, 5.41) is 9.74. The van der Waals surface area contributed by atoms with Crippen molar-refractivity contribution < 1.29 is 22.4 Å². The highest BCUT2D eigenvalue weighted by Crippen LogP contribution is 2.26. The van der Waals surface area contributed by atoms with Gasteiger partial charge in [-0.25, -0.2) is 18.2 Å². The van der Waals surface area contributed by atoms with E-state index in [-0.39, 0.29) is 23.8 Å². The van der Waals surface area contributed by atoms with Crippen LogP contribution in [-0.4, -0.2) is 53.6 Å². The third-order valence-corrected chi connectivity index (χ3v) is 4.82. The van der Waals surface area contributed by atoms with Gasteiger partial charge in [-0.3, -0.25) is 4.90 Å². The molecule has 1 amide bonds. The largest absolute Gasteiger partial charge is 0.447 e. The van der Waals surface area contributed by atoms with Gasteiger partial charge in [0.2, 0.25) is 21.7 Å². The van der Waals surface area contributed by atoms with E-state index in [1.54, 1.807) is 13.0 Å². The molecule has 0 spiro atoms. The van der Waals surface area contributed by atoms with Crippen LogP contribution in [0, 0.1) is 5.92 Å². The number of carbonyl (C=O) groups is 1. The Hall–Kier alpha value is -2.76. The van der Waals surface area contributed by atoms with Crippen molar-refractivity contribution >= 4 is 27.7 Å². The first-order chi connectivity index (χ1) is 12.7. The summed E-state index contributed by atoms with van der Waals surface area (Å²) >= 11 is 0. The third kappa shape index (κ3) is 3.99. The van der Waals surface area contributed by atoms with Crippen LogP contribution in [0.5, 0.6) is 0 Å². The van der Waals surface area contributed by atoms with Crippen LogP contribution in [0.2, 0.25) is 0 Å². The number of sulfone groups is 1. The molecule has 0 saturated carbocycles. The van der Waals surface area contributed by atoms with Crippen LogP contribution in [0.4, 0.5) is 16.6 Å². The van der Waals surface area contributed by atoms with Gasteiger partial charge >= 0.3 is 11.3 Å². The van der Waals surface area contributed by atoms with Crippen molar-refractivity contribution in [1.29, 1.82) is 0 Å². The Morgan fingerprint density at radius 1 is 1.30 bits per heavy atom. The van der Waals surface area contributed by atoms with Crippen molar-refractivity contribution in [3.8, 4) is 0 Å². The van der Waals surface area contributed by atoms with Crippen LogP contribution in [0.3, 0.4) is 0 Å². The van der Waals surface area contributed by atoms with E-state index < -0.39 is 27.2 Å². The maximum atomic E-state index is 12.1. The van der Waals surface area contributed by atoms with E-state index >= 15 is 0 Å². The molecule has 1 fully saturated rings. The molecule has 0 aromatic carbocycles. The van der Waals surface area contributed by atoms with E-state index in [0.717, 1.165) is 6.26 Å². The fourth-order valence-corrected chi connectivity index (χ4v) is 2.97. The number of aromatic nitrogens is 4. The number of nitrogens with one attached hydrogen (secondary N) is 1. The standard InChI is InChI=1S/C15H20N6O5S/c1-8(2)10-7-25-15(22)21(10)11-5-6-16-13(18-11)17-9(3)12-19-20-14(26-12)27(4,23)24/h5-6,8-10H,7H2,1-4H3,(H,16,17,18)/t9-,10+/m0/s1. The molecule has 3 rings (SSSR count). The predicted molar refractivity (Wildman–Crippen MR) is 93.9 cm³/mol. The number of carbonyl (C=O) groups excluding carboxylic acids is 1. The van der Waals surface area contributed by atoms with E-state index in [1.807, 2.05) is 13.8 Å². The van der Waals surface area contributed by atoms with E-state index in [0.29, 0.717) is 12.4 Å². The van der Waals surface area contributed by atoms with Gasteiger partial charge in [0.1, 0.15) is 18.5 Å². The molecule has 1 aliphatic rings. The van der Waals surface area contributed by atoms with Crippen LogP contribution in [0.25, 0.3) is 0 Å². The number of hydrogen-bond donors (Lipinski definition) is 1. The molecule has 3 heterocycles. The fraction of sp³-hybridized carbons (Fsp3) is 0.533. The summed E-state index contributed by atoms with van der Waals surface area (Å²) in [5.74, 6) is 0.893. The highest BCUT2D eigenvalue weighted by molar-refractivity contribution is 7.90. The van der Waals surface area contributed by atoms with E-state index in [2.05, 4.69) is 25.5 Å². The van der Waals surface area contributed by atoms with Gasteiger partial charge < -0.3 is 14.5 Å². The number of ether oxygens (including phenoxy) is 1. The number of hydrogen-bond acceptors (Lipinski definition) is 10. The second-order valence-electron chi connectivity index (χ2n) is 6.54. The summed E-state index contributed by atoms with van der Waals surface area (Å²) in [6.07, 6.45) is 2.03. The normalized spacial score (nSPS) is 18.6. The van der Waals surface area contributed by atoms with Crippen LogP contribution in [0.15, 0.2) is 21.9 Å². The van der Waals surface area contributed by atoms with Gasteiger partial charge in [-0.2, -0.15) is 4.98 Å². The molecule has 0 radical (unpaired) electrons. The number of rotatable bonds is 6. The van der Waals surface area contributed by atoms with E-state index in [1.165, 1.54) is 11.1 Å². The van der Waals surface area contributed by atoms with E-state index in [9.17, 15) is 13.2 Å². The zero-order valence-electron chi connectivity index (χ0n) is 15.3. The lowest BCUT2D eigenvalue weighted by Gasteiger charge is -2.23. The molecule has 0 unspecified atom stereocenters. The lowest BCUT2D eigenvalue weighted by Crippen LogP contribution is -2.37. The molecule has 0 bridgehead atoms. The maximum Gasteiger partial charge on any atom is 0.415 e. The van der Waals surface area contributed by atoms with Crippen molar-refractivity contribution in [3.05, 3.63) is 18.2 Å². The second-order valence-corrected chi connectivity index (χ2v) is 8.43. The van der Waals surface area contributed by atoms with E-state index in [4.69, 9.17) is 9.15 Å². The van der Waals surface area contributed by atoms with Gasteiger partial charge in [0.05, 0.1) is 6.04 Å². The summed E-state index contributed by atoms with van der Waals surface area (Å²) in [4.78, 5) is 22.0. The van der Waals surface area contributed by atoms with Crippen LogP contribution < -0.4 is 10.2 Å². The first-order valence-electron chi connectivity index (χ1n) is 8.26. The monoisotopic (exact) mass is 396 g/mol. The molecule has 27 heavy (non-hydrogen) atoms. The molecular weight excluding hydrogens is 376 g/mol. The molecule has 1 aliphatic heterocycles. The minimum atomic E-state index is -3.58. The van der Waals surface area contributed by atoms with Crippen LogP contribution in [-0.2, 0) is 14.6 Å². The molecule has 2 atom stereocenters. The SMILES string of the molecule is CC(C)[C@H]1COC(=O)N1c1ccnc(N[C@@H](C)c2nnc(S(C)(=O)=O)o2)n1. The zero-order valence-corrected chi connectivity index (χ0v) is 16.1. The number of nitrogens with zero attached hydrogens (tertiary/aromatic N) is 5. The molecule has 12 heteroatoms. The summed E-state index contributed by atoms with van der Waals surface area (Å²) in [6, 6.07) is 0.951. The van der Waals surface area contributed by atoms with Gasteiger partial charge in [-0.1, -0.05) is 18.9 Å². The summed E-state index contributed by atoms with van der Waals surface area (Å²) in [7, 11) is -3.58. The molecule has 2 aromatic rings. The predicted octanol–water partition coefficient (Wildman–Crippen LogP) is 1.42. The van der Waals surface area contributed by atoms with Crippen molar-refractivity contribution in [3.63, 3.8) is 0 Å². The topological polar surface area (TPSA) is 140 Å². The van der Waals surface area contributed by atoms with Crippen molar-refractivity contribution in [2.45, 2.75) is 38.1 Å². The summed E-state index contributed by atoms with van der Waals surface area (Å²) in [5.41, 5.74) is 0. The average Bonchev–Trinajstić information content (AvgIpc) is 3.21. The van der Waals surface area contributed by atoms with Gasteiger partial charge in [0.15, 0.2) is 0 Å². The van der Waals surface area contributed by atoms with Gasteiger partial charge in [-0.15, -0.1) is 5.10 Å². The third-order valence-electron chi connectivity index (χ3n) is 4.02. The van der Waals surface area contributed by atoms with Crippen molar-refractivity contribution in [1.82, 2.24) is 20.2 Å². The van der Waals surface area contributed by atoms with Gasteiger partial charge in [0, 0.05) is 12.5 Å². The summed E-state index contributed by atoms with van der Waals surface area (Å²) in [6.45, 7) is 5.99. The maximum absolute atomic E-state index is 12.1. The van der Waals surface area contributed by atoms with Crippen LogP contribution in [0.1, 0.15) is 32.7 Å². The lowest BCUT2D eigenvalue weighted by atomic mass is 10.0. The second kappa shape index (κ2) is 7.10. The molecule has 0 aliphatic carbocycles. The quantitative estimate of drug-likeness (QED) is 0.762. The van der Waals surface area contributed by atoms with Gasteiger partial charge in [-0.05, 0) is 18.9 Å². The average molecular weight is 396 g/mol. The Morgan fingerprint density at radius 3 is 2.67 bits per heavy atom. The Bertz CT molecular complexity index is 944. The Balaban J connectivity index is 1.80. The zero-order chi connectivity index (χ0) is 19.8. The molecule has 2 aromatic heterocycles. The number of anilines is 2. The lowest BCUT2D eigenvalue weighted by molar-refractivity contribution is 0.177. The molecule has 11 nitrogen and oxygen atoms in total. The Labute approximate surface area is 156 Å². The molecule has 1 N–H and O–H groups in total. The first-order valence-corrected chi connectivity index (χ1v) is 10.1.